The summed E-state index contributed by atoms with van der Waals surface area (Å²) in [6.07, 6.45) is 4.22. The van der Waals surface area contributed by atoms with Crippen LogP contribution < -0.4 is 5.32 Å². The van der Waals surface area contributed by atoms with Gasteiger partial charge in [0.05, 0.1) is 6.42 Å². The van der Waals surface area contributed by atoms with Crippen molar-refractivity contribution in [3.05, 3.63) is 34.9 Å². The van der Waals surface area contributed by atoms with Crippen molar-refractivity contribution in [3.8, 4) is 0 Å². The van der Waals surface area contributed by atoms with Crippen LogP contribution in [0, 0.1) is 5.92 Å². The number of nitrogens with one attached hydrogen (secondary N) is 1. The summed E-state index contributed by atoms with van der Waals surface area (Å²) >= 11 is 6.03. The predicted octanol–water partition coefficient (Wildman–Crippen LogP) is 2.72. The molecule has 30 heavy (non-hydrogen) atoms. The topological polar surface area (TPSA) is 51.2 Å². The Balaban J connectivity index is 1.38. The second kappa shape index (κ2) is 11.6. The Hall–Kier alpha value is -1.79. The summed E-state index contributed by atoms with van der Waals surface area (Å²) < 4.78 is 0. The fourth-order valence-electron chi connectivity index (χ4n) is 4.41. The van der Waals surface area contributed by atoms with E-state index in [9.17, 15) is 4.79 Å². The van der Waals surface area contributed by atoms with E-state index in [1.54, 1.807) is 0 Å². The van der Waals surface area contributed by atoms with Crippen molar-refractivity contribution in [2.75, 3.05) is 59.4 Å². The molecule has 0 unspecified atom stereocenters. The van der Waals surface area contributed by atoms with Crippen LogP contribution >= 0.6 is 11.6 Å². The first-order chi connectivity index (χ1) is 14.6. The number of piperazine rings is 1. The lowest BCUT2D eigenvalue weighted by Crippen LogP contribution is -2.54. The number of carbonyl (C=O) groups is 1. The number of aliphatic imine (C=N–C) groups is 1. The van der Waals surface area contributed by atoms with Gasteiger partial charge in [-0.3, -0.25) is 9.79 Å². The molecule has 0 saturated carbocycles. The molecule has 1 amide bonds. The summed E-state index contributed by atoms with van der Waals surface area (Å²) in [6.45, 7) is 9.96. The third kappa shape index (κ3) is 6.61. The lowest BCUT2D eigenvalue weighted by Gasteiger charge is -2.37. The molecule has 1 N–H and O–H groups in total. The highest BCUT2D eigenvalue weighted by atomic mass is 35.5. The first-order valence-electron chi connectivity index (χ1n) is 11.3. The number of hydrogen-bond acceptors (Lipinski definition) is 3. The van der Waals surface area contributed by atoms with Crippen LogP contribution in [0.3, 0.4) is 0 Å². The minimum absolute atomic E-state index is 0.165. The van der Waals surface area contributed by atoms with E-state index in [-0.39, 0.29) is 5.91 Å². The van der Waals surface area contributed by atoms with Crippen LogP contribution in [-0.4, -0.2) is 86.0 Å². The van der Waals surface area contributed by atoms with E-state index in [0.717, 1.165) is 50.2 Å². The molecular weight excluding hydrogens is 398 g/mol. The molecule has 0 spiro atoms. The van der Waals surface area contributed by atoms with E-state index in [2.05, 4.69) is 27.0 Å². The Labute approximate surface area is 186 Å². The fourth-order valence-corrected chi connectivity index (χ4v) is 4.63. The van der Waals surface area contributed by atoms with Crippen LogP contribution in [0.2, 0.25) is 5.02 Å². The maximum Gasteiger partial charge on any atom is 0.227 e. The van der Waals surface area contributed by atoms with Crippen LogP contribution in [-0.2, 0) is 11.2 Å². The number of rotatable bonds is 6. The predicted molar refractivity (Wildman–Crippen MR) is 124 cm³/mol. The van der Waals surface area contributed by atoms with E-state index in [1.165, 1.54) is 38.9 Å². The normalized spacial score (nSPS) is 19.2. The van der Waals surface area contributed by atoms with Crippen LogP contribution in [0.15, 0.2) is 29.3 Å². The number of amides is 1. The third-order valence-corrected chi connectivity index (χ3v) is 6.61. The molecule has 0 aliphatic carbocycles. The number of guanidine groups is 1. The Morgan fingerprint density at radius 2 is 1.83 bits per heavy atom. The van der Waals surface area contributed by atoms with E-state index in [0.29, 0.717) is 11.4 Å². The highest BCUT2D eigenvalue weighted by molar-refractivity contribution is 6.30. The number of hydrogen-bond donors (Lipinski definition) is 1. The molecular formula is C23H36ClN5O. The summed E-state index contributed by atoms with van der Waals surface area (Å²) in [5.41, 5.74) is 0.970. The fraction of sp³-hybridized carbons (Fsp3) is 0.652. The van der Waals surface area contributed by atoms with Gasteiger partial charge in [-0.2, -0.15) is 0 Å². The molecule has 2 aliphatic rings. The van der Waals surface area contributed by atoms with Gasteiger partial charge in [0.15, 0.2) is 5.96 Å². The van der Waals surface area contributed by atoms with Crippen molar-refractivity contribution < 1.29 is 4.79 Å². The highest BCUT2D eigenvalue weighted by Crippen LogP contribution is 2.19. The second-order valence-electron chi connectivity index (χ2n) is 8.31. The number of benzene rings is 1. The minimum atomic E-state index is 0.165. The van der Waals surface area contributed by atoms with Gasteiger partial charge in [-0.05, 0) is 62.5 Å². The second-order valence-corrected chi connectivity index (χ2v) is 8.75. The van der Waals surface area contributed by atoms with Crippen LogP contribution in [0.25, 0.3) is 0 Å². The average Bonchev–Trinajstić information content (AvgIpc) is 2.77. The largest absolute Gasteiger partial charge is 0.356 e. The number of carbonyl (C=O) groups excluding carboxylic acids is 1. The SMILES string of the molecule is CCN1CCC(CCNC(=NC)N2CCN(C(=O)Cc3cccc(Cl)c3)CC2)CC1. The van der Waals surface area contributed by atoms with Crippen molar-refractivity contribution in [1.29, 1.82) is 0 Å². The van der Waals surface area contributed by atoms with E-state index < -0.39 is 0 Å². The molecule has 0 aromatic heterocycles. The minimum Gasteiger partial charge on any atom is -0.356 e. The maximum atomic E-state index is 12.6. The maximum absolute atomic E-state index is 12.6. The Bertz CT molecular complexity index is 709. The van der Waals surface area contributed by atoms with Crippen LogP contribution in [0.1, 0.15) is 31.7 Å². The van der Waals surface area contributed by atoms with Gasteiger partial charge in [0, 0.05) is 44.8 Å². The van der Waals surface area contributed by atoms with Gasteiger partial charge in [-0.1, -0.05) is 30.7 Å². The molecule has 6 nitrogen and oxygen atoms in total. The summed E-state index contributed by atoms with van der Waals surface area (Å²) in [4.78, 5) is 23.9. The van der Waals surface area contributed by atoms with Gasteiger partial charge in [0.25, 0.3) is 0 Å². The first-order valence-corrected chi connectivity index (χ1v) is 11.7. The Morgan fingerprint density at radius 1 is 1.13 bits per heavy atom. The first kappa shape index (κ1) is 22.9. The zero-order chi connectivity index (χ0) is 21.3. The summed E-state index contributed by atoms with van der Waals surface area (Å²) in [7, 11) is 1.85. The molecule has 1 aromatic rings. The number of likely N-dealkylation sites (tertiary alicyclic amines) is 1. The molecule has 7 heteroatoms. The van der Waals surface area contributed by atoms with Gasteiger partial charge >= 0.3 is 0 Å². The standard InChI is InChI=1S/C23H36ClN5O/c1-3-27-11-8-19(9-12-27)7-10-26-23(25-2)29-15-13-28(14-16-29)22(30)18-20-5-4-6-21(24)17-20/h4-6,17,19H,3,7-16,18H2,1-2H3,(H,25,26). The van der Waals surface area contributed by atoms with Crippen molar-refractivity contribution in [1.82, 2.24) is 20.0 Å². The van der Waals surface area contributed by atoms with E-state index in [1.807, 2.05) is 36.2 Å². The summed E-state index contributed by atoms with van der Waals surface area (Å²) in [5.74, 6) is 1.94. The summed E-state index contributed by atoms with van der Waals surface area (Å²) in [6, 6.07) is 7.55. The smallest absolute Gasteiger partial charge is 0.227 e. The van der Waals surface area contributed by atoms with Gasteiger partial charge < -0.3 is 20.0 Å². The monoisotopic (exact) mass is 433 g/mol. The quantitative estimate of drug-likeness (QED) is 0.553. The number of nitrogens with zero attached hydrogens (tertiary/aromatic N) is 4. The molecule has 2 aliphatic heterocycles. The molecule has 166 valence electrons. The van der Waals surface area contributed by atoms with Crippen molar-refractivity contribution >= 4 is 23.5 Å². The Morgan fingerprint density at radius 3 is 2.47 bits per heavy atom. The number of piperidine rings is 1. The van der Waals surface area contributed by atoms with Crippen molar-refractivity contribution in [2.45, 2.75) is 32.6 Å². The Kier molecular flexibility index (Phi) is 8.82. The molecule has 1 aromatic carbocycles. The molecule has 2 fully saturated rings. The van der Waals surface area contributed by atoms with Crippen molar-refractivity contribution in [2.24, 2.45) is 10.9 Å². The van der Waals surface area contributed by atoms with Gasteiger partial charge in [0.1, 0.15) is 0 Å². The van der Waals surface area contributed by atoms with Crippen LogP contribution in [0.4, 0.5) is 0 Å². The molecule has 2 heterocycles. The molecule has 3 rings (SSSR count). The van der Waals surface area contributed by atoms with E-state index >= 15 is 0 Å². The van der Waals surface area contributed by atoms with E-state index in [4.69, 9.17) is 11.6 Å². The van der Waals surface area contributed by atoms with Crippen molar-refractivity contribution in [3.63, 3.8) is 0 Å². The van der Waals surface area contributed by atoms with Gasteiger partial charge in [-0.15, -0.1) is 0 Å². The highest BCUT2D eigenvalue weighted by Gasteiger charge is 2.23. The molecule has 0 atom stereocenters. The van der Waals surface area contributed by atoms with Gasteiger partial charge in [-0.25, -0.2) is 0 Å². The third-order valence-electron chi connectivity index (χ3n) is 6.38. The van der Waals surface area contributed by atoms with Crippen LogP contribution in [0.5, 0.6) is 0 Å². The lowest BCUT2D eigenvalue weighted by atomic mass is 9.93. The number of halogens is 1. The lowest BCUT2D eigenvalue weighted by molar-refractivity contribution is -0.131. The van der Waals surface area contributed by atoms with Gasteiger partial charge in [0.2, 0.25) is 5.91 Å². The molecule has 0 bridgehead atoms. The molecule has 2 saturated heterocycles. The summed E-state index contributed by atoms with van der Waals surface area (Å²) in [5, 5.41) is 4.22. The zero-order valence-electron chi connectivity index (χ0n) is 18.4. The zero-order valence-corrected chi connectivity index (χ0v) is 19.2. The average molecular weight is 434 g/mol. The molecule has 0 radical (unpaired) electrons.